The first-order valence-corrected chi connectivity index (χ1v) is 10.9. The Morgan fingerprint density at radius 3 is 2.47 bits per heavy atom. The minimum atomic E-state index is -2.63. The number of ketones is 2. The molecule has 0 saturated heterocycles. The maximum absolute atomic E-state index is 13.6. The quantitative estimate of drug-likeness (QED) is 0.415. The summed E-state index contributed by atoms with van der Waals surface area (Å²) in [5.41, 5.74) is 2.33. The molecule has 0 saturated carbocycles. The number of hydrogen-bond acceptors (Lipinski definition) is 8. The van der Waals surface area contributed by atoms with Gasteiger partial charge in [0.25, 0.3) is 5.91 Å². The van der Waals surface area contributed by atoms with Gasteiger partial charge in [-0.05, 0) is 43.8 Å². The molecular formula is C25H24N2O7. The predicted octanol–water partition coefficient (Wildman–Crippen LogP) is 1.27. The molecule has 3 aliphatic carbocycles. The van der Waals surface area contributed by atoms with E-state index < -0.39 is 58.0 Å². The van der Waals surface area contributed by atoms with Gasteiger partial charge in [-0.1, -0.05) is 30.3 Å². The van der Waals surface area contributed by atoms with Gasteiger partial charge >= 0.3 is 0 Å². The lowest BCUT2D eigenvalue weighted by molar-refractivity contribution is -0.148. The van der Waals surface area contributed by atoms with Gasteiger partial charge in [-0.3, -0.25) is 19.3 Å². The monoisotopic (exact) mass is 464 g/mol. The van der Waals surface area contributed by atoms with Crippen LogP contribution in [0.3, 0.4) is 0 Å². The van der Waals surface area contributed by atoms with Crippen LogP contribution in [0.1, 0.15) is 22.3 Å². The molecule has 0 aliphatic heterocycles. The van der Waals surface area contributed by atoms with Crippen LogP contribution in [-0.4, -0.2) is 68.5 Å². The molecule has 9 heteroatoms. The fourth-order valence-electron chi connectivity index (χ4n) is 5.97. The molecule has 34 heavy (non-hydrogen) atoms. The van der Waals surface area contributed by atoms with Crippen LogP contribution in [0.25, 0.3) is 10.8 Å². The molecule has 0 spiro atoms. The average molecular weight is 464 g/mol. The van der Waals surface area contributed by atoms with Crippen molar-refractivity contribution in [3.8, 4) is 5.75 Å². The summed E-state index contributed by atoms with van der Waals surface area (Å²) in [7, 11) is 3.19. The number of phenolic OH excluding ortho intramolecular Hbond substituents is 1. The molecule has 6 N–H and O–H groups in total. The number of carbonyl (C=O) groups excluding carboxylic acids is 3. The molecule has 3 aliphatic rings. The number of hydrogen-bond donors (Lipinski definition) is 5. The van der Waals surface area contributed by atoms with Crippen LogP contribution < -0.4 is 5.73 Å². The summed E-state index contributed by atoms with van der Waals surface area (Å²) in [5.74, 6) is -6.47. The summed E-state index contributed by atoms with van der Waals surface area (Å²) in [6.45, 7) is 0. The minimum Gasteiger partial charge on any atom is -0.510 e. The lowest BCUT2D eigenvalue weighted by Gasteiger charge is -2.50. The molecule has 0 fully saturated rings. The fourth-order valence-corrected chi connectivity index (χ4v) is 5.97. The number of amides is 1. The van der Waals surface area contributed by atoms with E-state index in [2.05, 4.69) is 0 Å². The van der Waals surface area contributed by atoms with E-state index in [4.69, 9.17) is 5.73 Å². The van der Waals surface area contributed by atoms with Gasteiger partial charge in [0.05, 0.1) is 11.6 Å². The van der Waals surface area contributed by atoms with Gasteiger partial charge in [0, 0.05) is 16.9 Å². The van der Waals surface area contributed by atoms with Crippen molar-refractivity contribution in [2.24, 2.45) is 17.6 Å². The SMILES string of the molecule is CN(C)[C@@H]1C(O)=C(C(N)=O)C(=O)[C@@]2(O)C(O)=C3C(=O)c4c(cc5ccccc5c4O)C[C@H]3C[C@@H]12. The van der Waals surface area contributed by atoms with Crippen molar-refractivity contribution in [2.45, 2.75) is 24.5 Å². The number of phenols is 1. The van der Waals surface area contributed by atoms with Gasteiger partial charge < -0.3 is 26.2 Å². The summed E-state index contributed by atoms with van der Waals surface area (Å²) in [6, 6.07) is 7.84. The zero-order chi connectivity index (χ0) is 24.7. The Bertz CT molecular complexity index is 1370. The van der Waals surface area contributed by atoms with Crippen molar-refractivity contribution in [1.29, 1.82) is 0 Å². The lowest BCUT2D eigenvalue weighted by Crippen LogP contribution is -2.63. The van der Waals surface area contributed by atoms with Crippen LogP contribution in [0.5, 0.6) is 5.75 Å². The Morgan fingerprint density at radius 2 is 1.82 bits per heavy atom. The van der Waals surface area contributed by atoms with Crippen LogP contribution in [0.4, 0.5) is 0 Å². The summed E-state index contributed by atoms with van der Waals surface area (Å²) in [4.78, 5) is 40.3. The van der Waals surface area contributed by atoms with Crippen molar-refractivity contribution in [3.63, 3.8) is 0 Å². The first-order chi connectivity index (χ1) is 16.0. The third-order valence-electron chi connectivity index (χ3n) is 7.43. The molecule has 0 unspecified atom stereocenters. The zero-order valence-electron chi connectivity index (χ0n) is 18.6. The van der Waals surface area contributed by atoms with Gasteiger partial charge in [-0.25, -0.2) is 0 Å². The molecule has 0 heterocycles. The number of primary amides is 1. The van der Waals surface area contributed by atoms with Crippen LogP contribution in [-0.2, 0) is 16.0 Å². The van der Waals surface area contributed by atoms with E-state index in [9.17, 15) is 34.8 Å². The van der Waals surface area contributed by atoms with E-state index in [0.717, 1.165) is 5.39 Å². The first-order valence-electron chi connectivity index (χ1n) is 10.9. The number of carbonyl (C=O) groups is 3. The number of allylic oxidation sites excluding steroid dienone is 1. The van der Waals surface area contributed by atoms with E-state index >= 15 is 0 Å². The van der Waals surface area contributed by atoms with Gasteiger partial charge in [0.15, 0.2) is 11.4 Å². The Hall–Kier alpha value is -3.69. The van der Waals surface area contributed by atoms with E-state index in [-0.39, 0.29) is 29.7 Å². The van der Waals surface area contributed by atoms with E-state index in [1.54, 1.807) is 26.2 Å². The van der Waals surface area contributed by atoms with Gasteiger partial charge in [-0.2, -0.15) is 0 Å². The first kappa shape index (κ1) is 22.1. The van der Waals surface area contributed by atoms with Crippen LogP contribution in [0.15, 0.2) is 53.0 Å². The Morgan fingerprint density at radius 1 is 1.15 bits per heavy atom. The third kappa shape index (κ3) is 2.65. The van der Waals surface area contributed by atoms with Crippen molar-refractivity contribution in [2.75, 3.05) is 14.1 Å². The van der Waals surface area contributed by atoms with Gasteiger partial charge in [0.2, 0.25) is 5.78 Å². The summed E-state index contributed by atoms with van der Waals surface area (Å²) in [5, 5.41) is 45.7. The van der Waals surface area contributed by atoms with Crippen molar-refractivity contribution in [1.82, 2.24) is 4.90 Å². The number of nitrogens with two attached hydrogens (primary N) is 1. The maximum Gasteiger partial charge on any atom is 0.255 e. The lowest BCUT2D eigenvalue weighted by atomic mass is 9.58. The summed E-state index contributed by atoms with van der Waals surface area (Å²) >= 11 is 0. The highest BCUT2D eigenvalue weighted by Crippen LogP contribution is 2.52. The second-order valence-electron chi connectivity index (χ2n) is 9.44. The maximum atomic E-state index is 13.6. The number of aliphatic hydroxyl groups excluding tert-OH is 2. The topological polar surface area (TPSA) is 161 Å². The van der Waals surface area contributed by atoms with Crippen molar-refractivity contribution < 1.29 is 34.8 Å². The Kier molecular flexibility index (Phi) is 4.65. The minimum absolute atomic E-state index is 0.0134. The predicted molar refractivity (Wildman–Crippen MR) is 121 cm³/mol. The number of nitrogens with zero attached hydrogens (tertiary/aromatic N) is 1. The molecular weight excluding hydrogens is 440 g/mol. The number of likely N-dealkylation sites (N-methyl/N-ethyl adjacent to an activating group) is 1. The molecule has 2 aromatic carbocycles. The number of benzene rings is 2. The molecule has 9 nitrogen and oxygen atoms in total. The zero-order valence-corrected chi connectivity index (χ0v) is 18.6. The second-order valence-corrected chi connectivity index (χ2v) is 9.44. The van der Waals surface area contributed by atoms with E-state index in [1.807, 2.05) is 18.2 Å². The number of fused-ring (bicyclic) bond motifs is 4. The Balaban J connectivity index is 1.75. The van der Waals surface area contributed by atoms with Crippen molar-refractivity contribution >= 4 is 28.2 Å². The third-order valence-corrected chi connectivity index (χ3v) is 7.43. The molecule has 0 bridgehead atoms. The van der Waals surface area contributed by atoms with Crippen LogP contribution in [0.2, 0.25) is 0 Å². The van der Waals surface area contributed by atoms with Crippen molar-refractivity contribution in [3.05, 3.63) is 64.1 Å². The van der Waals surface area contributed by atoms with E-state index in [0.29, 0.717) is 10.9 Å². The van der Waals surface area contributed by atoms with Crippen LogP contribution >= 0.6 is 0 Å². The van der Waals surface area contributed by atoms with Gasteiger partial charge in [-0.15, -0.1) is 0 Å². The normalized spacial score (nSPS) is 28.8. The standard InChI is InChI=1S/C25H24N2O7/c1-27(2)18-14-9-12-8-11-7-10-5-3-4-6-13(10)19(28)15(11)20(29)16(12)22(31)25(14,34)23(32)17(21(18)30)24(26)33/h3-7,12,14,18,28,30-31,34H,8-9H2,1-2H3,(H2,26,33)/t12-,14-,18-,25-/m0/s1. The highest BCUT2D eigenvalue weighted by Gasteiger charge is 2.63. The van der Waals surface area contributed by atoms with Crippen LogP contribution in [0, 0.1) is 11.8 Å². The molecule has 2 aromatic rings. The fraction of sp³-hybridized carbons (Fsp3) is 0.320. The van der Waals surface area contributed by atoms with E-state index in [1.165, 1.54) is 4.90 Å². The summed E-state index contributed by atoms with van der Waals surface area (Å²) < 4.78 is 0. The average Bonchev–Trinajstić information content (AvgIpc) is 2.76. The molecule has 1 amide bonds. The number of aromatic hydroxyl groups is 1. The number of rotatable bonds is 2. The Labute approximate surface area is 194 Å². The second kappa shape index (κ2) is 7.15. The smallest absolute Gasteiger partial charge is 0.255 e. The molecule has 5 rings (SSSR count). The highest BCUT2D eigenvalue weighted by atomic mass is 16.3. The molecule has 176 valence electrons. The molecule has 0 aromatic heterocycles. The molecule has 4 atom stereocenters. The molecule has 0 radical (unpaired) electrons. The number of aliphatic hydroxyl groups is 3. The van der Waals surface area contributed by atoms with Gasteiger partial charge in [0.1, 0.15) is 22.8 Å². The number of Topliss-reactive ketones (excluding diaryl/α,β-unsaturated/α-hetero) is 2. The summed E-state index contributed by atoms with van der Waals surface area (Å²) in [6.07, 6.45) is 0.340. The highest BCUT2D eigenvalue weighted by molar-refractivity contribution is 6.25. The largest absolute Gasteiger partial charge is 0.510 e.